The molecule has 0 aromatic heterocycles. The van der Waals surface area contributed by atoms with Gasteiger partial charge in [0.15, 0.2) is 0 Å². The lowest BCUT2D eigenvalue weighted by molar-refractivity contribution is -0.367. The van der Waals surface area contributed by atoms with Crippen molar-refractivity contribution >= 4 is 47.4 Å². The third-order valence-corrected chi connectivity index (χ3v) is 0.933. The molecule has 0 bridgehead atoms. The highest BCUT2D eigenvalue weighted by molar-refractivity contribution is 6.75. The van der Waals surface area contributed by atoms with Gasteiger partial charge in [-0.1, -0.05) is 34.8 Å². The maximum Gasteiger partial charge on any atom is 0.436 e. The Labute approximate surface area is 61.4 Å². The third-order valence-electron chi connectivity index (χ3n) is 0.418. The molecule has 0 saturated carbocycles. The summed E-state index contributed by atoms with van der Waals surface area (Å²) in [7, 11) is 0. The van der Waals surface area contributed by atoms with E-state index in [1.54, 1.807) is 0 Å². The Kier molecular flexibility index (Phi) is 2.74. The van der Waals surface area contributed by atoms with Gasteiger partial charge in [0.1, 0.15) is 6.72 Å². The van der Waals surface area contributed by atoms with Crippen LogP contribution in [0.2, 0.25) is 0 Å². The number of nitrogens with one attached hydrogen (secondary N) is 1. The lowest BCUT2D eigenvalue weighted by Gasteiger charge is -1.96. The molecular weight excluding hydrogens is 172 g/mol. The van der Waals surface area contributed by atoms with Crippen molar-refractivity contribution in [1.82, 2.24) is 0 Å². The zero-order valence-corrected chi connectivity index (χ0v) is 6.02. The molecule has 0 aromatic rings. The molecule has 0 aliphatic carbocycles. The van der Waals surface area contributed by atoms with Crippen LogP contribution >= 0.6 is 34.8 Å². The van der Waals surface area contributed by atoms with Crippen LogP contribution in [0.15, 0.2) is 0 Å². The number of amides is 1. The second-order valence-electron chi connectivity index (χ2n) is 1.00. The smallest absolute Gasteiger partial charge is 0.215 e. The molecule has 0 rings (SSSR count). The number of halogens is 3. The molecule has 0 aliphatic heterocycles. The van der Waals surface area contributed by atoms with Gasteiger partial charge in [0.2, 0.25) is 0 Å². The normalized spacial score (nSPS) is 10.9. The van der Waals surface area contributed by atoms with Crippen molar-refractivity contribution in [1.29, 1.82) is 0 Å². The first-order chi connectivity index (χ1) is 3.48. The van der Waals surface area contributed by atoms with Crippen molar-refractivity contribution in [2.75, 3.05) is 0 Å². The maximum absolute atomic E-state index is 10.3. The van der Waals surface area contributed by atoms with Gasteiger partial charge in [-0.05, 0) is 0 Å². The van der Waals surface area contributed by atoms with E-state index in [1.165, 1.54) is 0 Å². The quantitative estimate of drug-likeness (QED) is 0.396. The summed E-state index contributed by atoms with van der Waals surface area (Å²) >= 11 is 15.2. The number of hydrogen-bond acceptors (Lipinski definition) is 1. The molecule has 1 N–H and O–H groups in total. The fourth-order valence-electron chi connectivity index (χ4n) is 0.100. The van der Waals surface area contributed by atoms with E-state index in [1.807, 2.05) is 4.99 Å². The molecule has 8 heavy (non-hydrogen) atoms. The molecule has 0 saturated heterocycles. The van der Waals surface area contributed by atoms with Crippen molar-refractivity contribution in [3.8, 4) is 0 Å². The van der Waals surface area contributed by atoms with E-state index < -0.39 is 9.70 Å². The minimum absolute atomic E-state index is 0.734. The monoisotopic (exact) mass is 174 g/mol. The Hall–Kier alpha value is 0.210. The molecule has 0 aromatic carbocycles. The van der Waals surface area contributed by atoms with E-state index in [0.29, 0.717) is 0 Å². The first-order valence-corrected chi connectivity index (χ1v) is 2.76. The van der Waals surface area contributed by atoms with E-state index in [9.17, 15) is 4.79 Å². The Bertz CT molecular complexity index is 116. The molecule has 0 fully saturated rings. The molecule has 0 aliphatic rings. The standard InChI is InChI=1S/C3H2Cl3NO/c1-7-2(8)3(4,5)6/h1H2/p+1. The van der Waals surface area contributed by atoms with Crippen LogP contribution in [0.1, 0.15) is 0 Å². The minimum Gasteiger partial charge on any atom is -0.215 e. The van der Waals surface area contributed by atoms with Gasteiger partial charge in [-0.25, -0.2) is 4.79 Å². The minimum atomic E-state index is -1.89. The van der Waals surface area contributed by atoms with Gasteiger partial charge in [-0.2, -0.15) is 4.99 Å². The first-order valence-electron chi connectivity index (χ1n) is 1.62. The summed E-state index contributed by atoms with van der Waals surface area (Å²) < 4.78 is -1.89. The van der Waals surface area contributed by atoms with Crippen LogP contribution in [0.5, 0.6) is 0 Å². The number of carbonyl (C=O) groups is 1. The van der Waals surface area contributed by atoms with Crippen molar-refractivity contribution in [3.63, 3.8) is 0 Å². The summed E-state index contributed by atoms with van der Waals surface area (Å²) in [5.41, 5.74) is 0. The lowest BCUT2D eigenvalue weighted by Crippen LogP contribution is -2.75. The fourth-order valence-corrected chi connectivity index (χ4v) is 0.301. The van der Waals surface area contributed by atoms with Gasteiger partial charge in [0, 0.05) is 0 Å². The van der Waals surface area contributed by atoms with Crippen LogP contribution in [0.4, 0.5) is 0 Å². The molecule has 0 radical (unpaired) electrons. The third kappa shape index (κ3) is 2.50. The van der Waals surface area contributed by atoms with Gasteiger partial charge in [-0.15, -0.1) is 0 Å². The predicted octanol–water partition coefficient (Wildman–Crippen LogP) is -0.336. The molecule has 0 spiro atoms. The Morgan fingerprint density at radius 2 is 1.88 bits per heavy atom. The molecule has 1 amide bonds. The summed E-state index contributed by atoms with van der Waals surface area (Å²) in [5.74, 6) is -0.734. The van der Waals surface area contributed by atoms with Crippen LogP contribution in [-0.2, 0) is 4.79 Å². The van der Waals surface area contributed by atoms with Gasteiger partial charge < -0.3 is 0 Å². The second kappa shape index (κ2) is 2.67. The number of carbonyl (C=O) groups excluding carboxylic acids is 1. The second-order valence-corrected chi connectivity index (χ2v) is 3.28. The number of alkyl halides is 3. The van der Waals surface area contributed by atoms with Gasteiger partial charge in [0.05, 0.1) is 0 Å². The molecule has 0 heterocycles. The maximum atomic E-state index is 10.3. The molecule has 46 valence electrons. The fraction of sp³-hybridized carbons (Fsp3) is 0.333. The Balaban J connectivity index is 4.02. The molecule has 5 heteroatoms. The van der Waals surface area contributed by atoms with Gasteiger partial charge in [0.25, 0.3) is 0 Å². The van der Waals surface area contributed by atoms with E-state index in [4.69, 9.17) is 34.8 Å². The van der Waals surface area contributed by atoms with Crippen LogP contribution in [0, 0.1) is 0 Å². The average molecular weight is 175 g/mol. The van der Waals surface area contributed by atoms with E-state index in [-0.39, 0.29) is 0 Å². The summed E-state index contributed by atoms with van der Waals surface area (Å²) in [5, 5.41) is 0. The molecular formula is C3H3Cl3NO+. The van der Waals surface area contributed by atoms with Crippen LogP contribution < -0.4 is 4.99 Å². The summed E-state index contributed by atoms with van der Waals surface area (Å²) in [6.45, 7) is 3.00. The lowest BCUT2D eigenvalue weighted by atomic mass is 10.7. The summed E-state index contributed by atoms with van der Waals surface area (Å²) in [6.07, 6.45) is 0. The van der Waals surface area contributed by atoms with Gasteiger partial charge >= 0.3 is 9.70 Å². The number of hydrogen-bond donors (Lipinski definition) is 1. The van der Waals surface area contributed by atoms with Crippen molar-refractivity contribution in [2.45, 2.75) is 3.79 Å². The Morgan fingerprint density at radius 3 is 1.88 bits per heavy atom. The largest absolute Gasteiger partial charge is 0.436 e. The average Bonchev–Trinajstić information content (AvgIpc) is 1.62. The van der Waals surface area contributed by atoms with Crippen molar-refractivity contribution in [3.05, 3.63) is 0 Å². The van der Waals surface area contributed by atoms with Crippen molar-refractivity contribution in [2.24, 2.45) is 0 Å². The highest BCUT2D eigenvalue weighted by atomic mass is 35.6. The first kappa shape index (κ1) is 8.21. The number of rotatable bonds is 0. The highest BCUT2D eigenvalue weighted by Gasteiger charge is 2.35. The van der Waals surface area contributed by atoms with Crippen molar-refractivity contribution < 1.29 is 9.79 Å². The van der Waals surface area contributed by atoms with Crippen LogP contribution in [0.25, 0.3) is 0 Å². The highest BCUT2D eigenvalue weighted by Crippen LogP contribution is 2.23. The topological polar surface area (TPSA) is 31.0 Å². The molecule has 2 nitrogen and oxygen atoms in total. The predicted molar refractivity (Wildman–Crippen MR) is 33.4 cm³/mol. The molecule has 0 atom stereocenters. The SMILES string of the molecule is C=[NH+]C(=O)C(Cl)(Cl)Cl. The zero-order chi connectivity index (χ0) is 6.78. The van der Waals surface area contributed by atoms with Crippen LogP contribution in [-0.4, -0.2) is 16.4 Å². The van der Waals surface area contributed by atoms with E-state index >= 15 is 0 Å². The summed E-state index contributed by atoms with van der Waals surface area (Å²) in [6, 6.07) is 0. The Morgan fingerprint density at radius 1 is 1.50 bits per heavy atom. The zero-order valence-electron chi connectivity index (χ0n) is 3.75. The summed E-state index contributed by atoms with van der Waals surface area (Å²) in [4.78, 5) is 12.2. The van der Waals surface area contributed by atoms with E-state index in [0.717, 1.165) is 0 Å². The van der Waals surface area contributed by atoms with Crippen LogP contribution in [0.3, 0.4) is 0 Å². The van der Waals surface area contributed by atoms with E-state index in [2.05, 4.69) is 6.72 Å². The van der Waals surface area contributed by atoms with Gasteiger partial charge in [-0.3, -0.25) is 0 Å². The molecule has 0 unspecified atom stereocenters.